The first-order chi connectivity index (χ1) is 10.1. The van der Waals surface area contributed by atoms with Gasteiger partial charge in [0.15, 0.2) is 0 Å². The van der Waals surface area contributed by atoms with Crippen molar-refractivity contribution in [1.82, 2.24) is 9.78 Å². The lowest BCUT2D eigenvalue weighted by molar-refractivity contribution is 0.627. The fourth-order valence-electron chi connectivity index (χ4n) is 2.42. The van der Waals surface area contributed by atoms with Crippen molar-refractivity contribution in [3.05, 3.63) is 60.0 Å². The maximum absolute atomic E-state index is 13.0. The highest BCUT2D eigenvalue weighted by Gasteiger charge is 2.06. The fourth-order valence-corrected chi connectivity index (χ4v) is 2.42. The summed E-state index contributed by atoms with van der Waals surface area (Å²) in [6.45, 7) is 2.02. The maximum atomic E-state index is 13.0. The summed E-state index contributed by atoms with van der Waals surface area (Å²) in [6.07, 6.45) is 3.78. The van der Waals surface area contributed by atoms with Crippen LogP contribution in [0, 0.1) is 5.82 Å². The third kappa shape index (κ3) is 2.95. The Kier molecular flexibility index (Phi) is 3.71. The molecule has 0 spiro atoms. The molecule has 0 amide bonds. The van der Waals surface area contributed by atoms with Gasteiger partial charge in [0.1, 0.15) is 5.82 Å². The van der Waals surface area contributed by atoms with Gasteiger partial charge in [-0.1, -0.05) is 6.07 Å². The summed E-state index contributed by atoms with van der Waals surface area (Å²) in [6, 6.07) is 12.9. The second-order valence-electron chi connectivity index (χ2n) is 5.44. The number of halogens is 1. The zero-order valence-electron chi connectivity index (χ0n) is 12.0. The summed E-state index contributed by atoms with van der Waals surface area (Å²) in [5, 5.41) is 5.49. The van der Waals surface area contributed by atoms with Crippen molar-refractivity contribution in [2.75, 3.05) is 0 Å². The first-order valence-electron chi connectivity index (χ1n) is 7.11. The highest BCUT2D eigenvalue weighted by Crippen LogP contribution is 2.20. The van der Waals surface area contributed by atoms with Crippen molar-refractivity contribution < 1.29 is 4.39 Å². The number of nitrogens with zero attached hydrogens (tertiary/aromatic N) is 2. The zero-order valence-corrected chi connectivity index (χ0v) is 12.0. The van der Waals surface area contributed by atoms with Gasteiger partial charge >= 0.3 is 0 Å². The Bertz CT molecular complexity index is 744. The summed E-state index contributed by atoms with van der Waals surface area (Å²) in [5.41, 5.74) is 8.94. The zero-order chi connectivity index (χ0) is 14.8. The minimum Gasteiger partial charge on any atom is -0.328 e. The first kappa shape index (κ1) is 13.8. The Labute approximate surface area is 123 Å². The molecule has 3 aromatic rings. The van der Waals surface area contributed by atoms with E-state index in [9.17, 15) is 4.39 Å². The predicted octanol–water partition coefficient (Wildman–Crippen LogP) is 3.44. The molecule has 1 atom stereocenters. The van der Waals surface area contributed by atoms with Crippen molar-refractivity contribution >= 4 is 10.9 Å². The fraction of sp³-hybridized carbons (Fsp3) is 0.235. The Morgan fingerprint density at radius 3 is 2.67 bits per heavy atom. The molecule has 0 aliphatic heterocycles. The van der Waals surface area contributed by atoms with Crippen LogP contribution in [-0.4, -0.2) is 15.8 Å². The van der Waals surface area contributed by atoms with E-state index >= 15 is 0 Å². The minimum absolute atomic E-state index is 0.211. The molecule has 0 saturated carbocycles. The molecular weight excluding hydrogens is 265 g/mol. The summed E-state index contributed by atoms with van der Waals surface area (Å²) in [4.78, 5) is 0. The lowest BCUT2D eigenvalue weighted by Crippen LogP contribution is -2.15. The van der Waals surface area contributed by atoms with Crippen LogP contribution in [0.25, 0.3) is 16.6 Å². The summed E-state index contributed by atoms with van der Waals surface area (Å²) in [7, 11) is 0. The summed E-state index contributed by atoms with van der Waals surface area (Å²) >= 11 is 0. The van der Waals surface area contributed by atoms with E-state index in [2.05, 4.69) is 23.3 Å². The highest BCUT2D eigenvalue weighted by atomic mass is 19.1. The van der Waals surface area contributed by atoms with Gasteiger partial charge in [-0.3, -0.25) is 0 Å². The average Bonchev–Trinajstić information content (AvgIpc) is 2.89. The van der Waals surface area contributed by atoms with Gasteiger partial charge in [-0.05, 0) is 61.7 Å². The van der Waals surface area contributed by atoms with Crippen LogP contribution in [0.2, 0.25) is 0 Å². The molecule has 0 aliphatic carbocycles. The minimum atomic E-state index is -0.242. The first-order valence-corrected chi connectivity index (χ1v) is 7.11. The average molecular weight is 283 g/mol. The lowest BCUT2D eigenvalue weighted by atomic mass is 10.1. The van der Waals surface area contributed by atoms with Gasteiger partial charge in [0.25, 0.3) is 0 Å². The number of nitrogens with two attached hydrogens (primary N) is 1. The van der Waals surface area contributed by atoms with Crippen LogP contribution < -0.4 is 5.73 Å². The van der Waals surface area contributed by atoms with E-state index in [-0.39, 0.29) is 11.9 Å². The van der Waals surface area contributed by atoms with Crippen LogP contribution in [0.3, 0.4) is 0 Å². The molecule has 0 fully saturated rings. The van der Waals surface area contributed by atoms with Crippen molar-refractivity contribution in [2.45, 2.75) is 25.8 Å². The Balaban J connectivity index is 1.94. The summed E-state index contributed by atoms with van der Waals surface area (Å²) in [5.74, 6) is -0.242. The van der Waals surface area contributed by atoms with Crippen molar-refractivity contribution in [1.29, 1.82) is 0 Å². The van der Waals surface area contributed by atoms with E-state index in [0.29, 0.717) is 0 Å². The Morgan fingerprint density at radius 1 is 1.19 bits per heavy atom. The van der Waals surface area contributed by atoms with E-state index < -0.39 is 0 Å². The molecule has 1 aromatic heterocycles. The molecule has 4 heteroatoms. The van der Waals surface area contributed by atoms with E-state index in [1.807, 2.05) is 17.8 Å². The van der Waals surface area contributed by atoms with Gasteiger partial charge < -0.3 is 5.73 Å². The van der Waals surface area contributed by atoms with Crippen molar-refractivity contribution in [2.24, 2.45) is 5.73 Å². The van der Waals surface area contributed by atoms with E-state index in [1.54, 1.807) is 12.1 Å². The van der Waals surface area contributed by atoms with Gasteiger partial charge in [-0.15, -0.1) is 0 Å². The quantitative estimate of drug-likeness (QED) is 0.797. The van der Waals surface area contributed by atoms with Crippen LogP contribution in [0.1, 0.15) is 18.9 Å². The lowest BCUT2D eigenvalue weighted by Gasteiger charge is -2.06. The number of fused-ring (bicyclic) bond motifs is 1. The molecule has 3 nitrogen and oxygen atoms in total. The largest absolute Gasteiger partial charge is 0.328 e. The molecule has 21 heavy (non-hydrogen) atoms. The number of hydrogen-bond acceptors (Lipinski definition) is 2. The van der Waals surface area contributed by atoms with E-state index in [4.69, 9.17) is 5.73 Å². The number of aromatic nitrogens is 2. The Morgan fingerprint density at radius 2 is 1.95 bits per heavy atom. The number of hydrogen-bond donors (Lipinski definition) is 1. The highest BCUT2D eigenvalue weighted by molar-refractivity contribution is 5.81. The molecule has 3 rings (SSSR count). The topological polar surface area (TPSA) is 43.8 Å². The number of aryl methyl sites for hydroxylation is 1. The monoisotopic (exact) mass is 283 g/mol. The van der Waals surface area contributed by atoms with Crippen LogP contribution in [0.15, 0.2) is 48.7 Å². The third-order valence-electron chi connectivity index (χ3n) is 3.59. The SMILES string of the molecule is CC(N)CCc1ccc2c(cnn2-c2ccc(F)cc2)c1. The van der Waals surface area contributed by atoms with Crippen LogP contribution in [0.4, 0.5) is 4.39 Å². The molecule has 0 saturated heterocycles. The van der Waals surface area contributed by atoms with Gasteiger partial charge in [-0.2, -0.15) is 5.10 Å². The molecule has 108 valence electrons. The van der Waals surface area contributed by atoms with Crippen LogP contribution in [-0.2, 0) is 6.42 Å². The molecule has 2 aromatic carbocycles. The molecule has 0 bridgehead atoms. The van der Waals surface area contributed by atoms with E-state index in [1.165, 1.54) is 17.7 Å². The van der Waals surface area contributed by atoms with Gasteiger partial charge in [0.2, 0.25) is 0 Å². The van der Waals surface area contributed by atoms with Crippen LogP contribution in [0.5, 0.6) is 0 Å². The molecule has 1 heterocycles. The van der Waals surface area contributed by atoms with Crippen molar-refractivity contribution in [3.8, 4) is 5.69 Å². The smallest absolute Gasteiger partial charge is 0.123 e. The third-order valence-corrected chi connectivity index (χ3v) is 3.59. The normalized spacial score (nSPS) is 12.7. The van der Waals surface area contributed by atoms with Crippen molar-refractivity contribution in [3.63, 3.8) is 0 Å². The predicted molar refractivity (Wildman–Crippen MR) is 83.0 cm³/mol. The molecule has 1 unspecified atom stereocenters. The standard InChI is InChI=1S/C17H18FN3/c1-12(19)2-3-13-4-9-17-14(10-13)11-20-21(17)16-7-5-15(18)6-8-16/h4-12H,2-3,19H2,1H3. The van der Waals surface area contributed by atoms with Gasteiger partial charge in [-0.25, -0.2) is 9.07 Å². The van der Waals surface area contributed by atoms with Crippen LogP contribution >= 0.6 is 0 Å². The second kappa shape index (κ2) is 5.66. The van der Waals surface area contributed by atoms with Gasteiger partial charge in [0, 0.05) is 11.4 Å². The maximum Gasteiger partial charge on any atom is 0.123 e. The number of rotatable bonds is 4. The molecule has 0 aliphatic rings. The van der Waals surface area contributed by atoms with Gasteiger partial charge in [0.05, 0.1) is 17.4 Å². The molecular formula is C17H18FN3. The number of benzene rings is 2. The molecule has 2 N–H and O–H groups in total. The second-order valence-corrected chi connectivity index (χ2v) is 5.44. The Hall–Kier alpha value is -2.20. The summed E-state index contributed by atoms with van der Waals surface area (Å²) < 4.78 is 14.8. The molecule has 0 radical (unpaired) electrons. The van der Waals surface area contributed by atoms with E-state index in [0.717, 1.165) is 29.4 Å².